The number of alkyl carbamates (subject to hydrolysis) is 1. The van der Waals surface area contributed by atoms with Crippen molar-refractivity contribution in [1.82, 2.24) is 10.3 Å². The normalized spacial score (nSPS) is 19.0. The lowest BCUT2D eigenvalue weighted by molar-refractivity contribution is 0.0490. The van der Waals surface area contributed by atoms with Gasteiger partial charge in [-0.2, -0.15) is 0 Å². The Bertz CT molecular complexity index is 885. The van der Waals surface area contributed by atoms with Gasteiger partial charge in [-0.3, -0.25) is 0 Å². The van der Waals surface area contributed by atoms with E-state index in [1.807, 2.05) is 51.1 Å². The molecular weight excluding hydrogens is 382 g/mol. The fourth-order valence-electron chi connectivity index (χ4n) is 3.64. The quantitative estimate of drug-likeness (QED) is 0.635. The fraction of sp³-hybridized carbons (Fsp3) is 0.435. The van der Waals surface area contributed by atoms with E-state index in [4.69, 9.17) is 4.74 Å². The minimum Gasteiger partial charge on any atom is -0.478 e. The van der Waals surface area contributed by atoms with Gasteiger partial charge in [0, 0.05) is 23.3 Å². The molecule has 0 bridgehead atoms. The minimum absolute atomic E-state index is 0.0799. The van der Waals surface area contributed by atoms with Crippen LogP contribution in [0.15, 0.2) is 42.5 Å². The summed E-state index contributed by atoms with van der Waals surface area (Å²) in [5, 5.41) is 15.6. The first-order chi connectivity index (χ1) is 14.2. The van der Waals surface area contributed by atoms with Crippen LogP contribution in [0.25, 0.3) is 0 Å². The number of carboxylic acid groups (broad SMARTS) is 1. The summed E-state index contributed by atoms with van der Waals surface area (Å²) in [6.07, 6.45) is 3.00. The van der Waals surface area contributed by atoms with Crippen LogP contribution in [0.5, 0.6) is 0 Å². The summed E-state index contributed by atoms with van der Waals surface area (Å²) in [7, 11) is 0. The van der Waals surface area contributed by atoms with Crippen molar-refractivity contribution in [1.29, 1.82) is 0 Å². The number of amides is 1. The second kappa shape index (κ2) is 9.15. The molecule has 1 fully saturated rings. The van der Waals surface area contributed by atoms with E-state index in [0.29, 0.717) is 5.82 Å². The standard InChI is InChI=1S/C23H29N3O4/c1-23(2,3)30-22(29)25-17-11-9-15(10-12-17)19-14-13-18(21(27)28)20(26-19)24-16-7-5-4-6-8-16/h4-8,13-15,17H,9-12H2,1-3H3,(H,24,26)(H,25,29)(H,27,28)/t15-,17-. The Morgan fingerprint density at radius 2 is 1.70 bits per heavy atom. The fourth-order valence-corrected chi connectivity index (χ4v) is 3.64. The van der Waals surface area contributed by atoms with Crippen LogP contribution in [0, 0.1) is 0 Å². The second-order valence-electron chi connectivity index (χ2n) is 8.62. The molecule has 1 aromatic carbocycles. The van der Waals surface area contributed by atoms with Crippen molar-refractivity contribution in [2.75, 3.05) is 5.32 Å². The number of benzene rings is 1. The molecule has 30 heavy (non-hydrogen) atoms. The number of para-hydroxylation sites is 1. The van der Waals surface area contributed by atoms with Crippen molar-refractivity contribution >= 4 is 23.6 Å². The third-order valence-electron chi connectivity index (χ3n) is 5.05. The molecule has 3 N–H and O–H groups in total. The number of aromatic nitrogens is 1. The predicted octanol–water partition coefficient (Wildman–Crippen LogP) is 5.07. The number of hydrogen-bond acceptors (Lipinski definition) is 5. The van der Waals surface area contributed by atoms with Crippen LogP contribution < -0.4 is 10.6 Å². The average Bonchev–Trinajstić information content (AvgIpc) is 2.67. The third kappa shape index (κ3) is 5.95. The Morgan fingerprint density at radius 1 is 1.03 bits per heavy atom. The highest BCUT2D eigenvalue weighted by molar-refractivity contribution is 5.94. The second-order valence-corrected chi connectivity index (χ2v) is 8.62. The van der Waals surface area contributed by atoms with Gasteiger partial charge in [0.2, 0.25) is 0 Å². The maximum absolute atomic E-state index is 12.0. The van der Waals surface area contributed by atoms with Gasteiger partial charge < -0.3 is 20.5 Å². The molecule has 0 unspecified atom stereocenters. The van der Waals surface area contributed by atoms with E-state index in [0.717, 1.165) is 37.1 Å². The Labute approximate surface area is 176 Å². The Kier molecular flexibility index (Phi) is 6.59. The lowest BCUT2D eigenvalue weighted by atomic mass is 9.84. The molecule has 1 aromatic heterocycles. The van der Waals surface area contributed by atoms with Gasteiger partial charge in [-0.25, -0.2) is 14.6 Å². The van der Waals surface area contributed by atoms with E-state index >= 15 is 0 Å². The smallest absolute Gasteiger partial charge is 0.407 e. The van der Waals surface area contributed by atoms with Crippen LogP contribution in [0.4, 0.5) is 16.3 Å². The number of carboxylic acids is 1. The van der Waals surface area contributed by atoms with Crippen molar-refractivity contribution in [3.05, 3.63) is 53.7 Å². The Hall–Kier alpha value is -3.09. The number of ether oxygens (including phenoxy) is 1. The summed E-state index contributed by atoms with van der Waals surface area (Å²) in [4.78, 5) is 28.2. The van der Waals surface area contributed by atoms with Crippen LogP contribution in [-0.2, 0) is 4.74 Å². The molecule has 7 nitrogen and oxygen atoms in total. The highest BCUT2D eigenvalue weighted by atomic mass is 16.6. The lowest BCUT2D eigenvalue weighted by Gasteiger charge is -2.30. The summed E-state index contributed by atoms with van der Waals surface area (Å²) in [6.45, 7) is 5.53. The number of aromatic carboxylic acids is 1. The molecule has 1 heterocycles. The van der Waals surface area contributed by atoms with Crippen molar-refractivity contribution in [2.45, 2.75) is 64.0 Å². The Morgan fingerprint density at radius 3 is 2.30 bits per heavy atom. The minimum atomic E-state index is -1.02. The monoisotopic (exact) mass is 411 g/mol. The Balaban J connectivity index is 1.66. The van der Waals surface area contributed by atoms with Gasteiger partial charge in [0.25, 0.3) is 0 Å². The van der Waals surface area contributed by atoms with Crippen molar-refractivity contribution < 1.29 is 19.4 Å². The maximum Gasteiger partial charge on any atom is 0.407 e. The molecule has 1 aliphatic rings. The van der Waals surface area contributed by atoms with Gasteiger partial charge in [0.1, 0.15) is 17.0 Å². The molecule has 0 spiro atoms. The van der Waals surface area contributed by atoms with E-state index in [1.165, 1.54) is 0 Å². The van der Waals surface area contributed by atoms with Crippen LogP contribution in [-0.4, -0.2) is 33.8 Å². The predicted molar refractivity (Wildman–Crippen MR) is 115 cm³/mol. The highest BCUT2D eigenvalue weighted by Crippen LogP contribution is 2.33. The number of anilines is 2. The van der Waals surface area contributed by atoms with Crippen LogP contribution in [0.3, 0.4) is 0 Å². The third-order valence-corrected chi connectivity index (χ3v) is 5.05. The largest absolute Gasteiger partial charge is 0.478 e. The topological polar surface area (TPSA) is 101 Å². The lowest BCUT2D eigenvalue weighted by Crippen LogP contribution is -2.40. The SMILES string of the molecule is CC(C)(C)OC(=O)N[C@H]1CC[C@H](c2ccc(C(=O)O)c(Nc3ccccc3)n2)CC1. The van der Waals surface area contributed by atoms with E-state index in [-0.39, 0.29) is 23.6 Å². The molecule has 0 atom stereocenters. The molecule has 0 saturated heterocycles. The number of nitrogens with zero attached hydrogens (tertiary/aromatic N) is 1. The number of pyridine rings is 1. The first-order valence-corrected chi connectivity index (χ1v) is 10.3. The first kappa shape index (κ1) is 21.6. The molecule has 1 amide bonds. The van der Waals surface area contributed by atoms with Gasteiger partial charge in [-0.15, -0.1) is 0 Å². The molecule has 2 aromatic rings. The van der Waals surface area contributed by atoms with Gasteiger partial charge >= 0.3 is 12.1 Å². The van der Waals surface area contributed by atoms with Gasteiger partial charge in [0.15, 0.2) is 0 Å². The van der Waals surface area contributed by atoms with Crippen molar-refractivity contribution in [3.63, 3.8) is 0 Å². The van der Waals surface area contributed by atoms with Crippen molar-refractivity contribution in [2.24, 2.45) is 0 Å². The molecule has 3 rings (SSSR count). The van der Waals surface area contributed by atoms with E-state index in [1.54, 1.807) is 12.1 Å². The molecular formula is C23H29N3O4. The van der Waals surface area contributed by atoms with Crippen LogP contribution in [0.1, 0.15) is 68.4 Å². The summed E-state index contributed by atoms with van der Waals surface area (Å²) in [5.41, 5.74) is 1.28. The zero-order valence-electron chi connectivity index (χ0n) is 17.6. The maximum atomic E-state index is 12.0. The summed E-state index contributed by atoms with van der Waals surface area (Å²) >= 11 is 0. The molecule has 0 radical (unpaired) electrons. The van der Waals surface area contributed by atoms with E-state index in [9.17, 15) is 14.7 Å². The molecule has 0 aliphatic heterocycles. The summed E-state index contributed by atoms with van der Waals surface area (Å²) in [5.74, 6) is -0.446. The van der Waals surface area contributed by atoms with Crippen molar-refractivity contribution in [3.8, 4) is 0 Å². The molecule has 7 heteroatoms. The molecule has 1 aliphatic carbocycles. The first-order valence-electron chi connectivity index (χ1n) is 10.3. The number of hydrogen-bond donors (Lipinski definition) is 3. The van der Waals surface area contributed by atoms with Crippen LogP contribution >= 0.6 is 0 Å². The zero-order chi connectivity index (χ0) is 21.7. The van der Waals surface area contributed by atoms with Gasteiger partial charge in [-0.1, -0.05) is 18.2 Å². The van der Waals surface area contributed by atoms with E-state index < -0.39 is 11.6 Å². The number of carbonyl (C=O) groups is 2. The number of nitrogens with one attached hydrogen (secondary N) is 2. The summed E-state index contributed by atoms with van der Waals surface area (Å²) in [6, 6.07) is 12.9. The highest BCUT2D eigenvalue weighted by Gasteiger charge is 2.27. The molecule has 160 valence electrons. The number of rotatable bonds is 5. The van der Waals surface area contributed by atoms with Gasteiger partial charge in [-0.05, 0) is 70.7 Å². The van der Waals surface area contributed by atoms with Crippen LogP contribution in [0.2, 0.25) is 0 Å². The number of carbonyl (C=O) groups excluding carboxylic acids is 1. The van der Waals surface area contributed by atoms with E-state index in [2.05, 4.69) is 15.6 Å². The van der Waals surface area contributed by atoms with Gasteiger partial charge in [0.05, 0.1) is 0 Å². The molecule has 1 saturated carbocycles. The average molecular weight is 412 g/mol. The summed E-state index contributed by atoms with van der Waals surface area (Å²) < 4.78 is 5.33. The zero-order valence-corrected chi connectivity index (χ0v) is 17.6.